The Kier molecular flexibility index (Phi) is 3.98. The summed E-state index contributed by atoms with van der Waals surface area (Å²) < 4.78 is 5.41. The molecule has 76 valence electrons. The molecule has 1 aliphatic rings. The quantitative estimate of drug-likeness (QED) is 0.586. The van der Waals surface area contributed by atoms with Crippen molar-refractivity contribution in [2.75, 3.05) is 26.3 Å². The Bertz CT molecular complexity index is 175. The summed E-state index contributed by atoms with van der Waals surface area (Å²) in [6.07, 6.45) is 1.58. The van der Waals surface area contributed by atoms with Crippen molar-refractivity contribution in [1.29, 1.82) is 0 Å². The highest BCUT2D eigenvalue weighted by Gasteiger charge is 2.24. The van der Waals surface area contributed by atoms with E-state index in [-0.39, 0.29) is 18.7 Å². The van der Waals surface area contributed by atoms with Crippen molar-refractivity contribution in [1.82, 2.24) is 4.90 Å². The highest BCUT2D eigenvalue weighted by Crippen LogP contribution is 2.11. The number of nitrogens with zero attached hydrogens (tertiary/aromatic N) is 1. The lowest BCUT2D eigenvalue weighted by Crippen LogP contribution is -2.34. The van der Waals surface area contributed by atoms with E-state index in [9.17, 15) is 4.79 Å². The average molecular weight is 188 g/mol. The first-order chi connectivity index (χ1) is 6.24. The van der Waals surface area contributed by atoms with Gasteiger partial charge in [0.2, 0.25) is 0 Å². The van der Waals surface area contributed by atoms with Gasteiger partial charge in [-0.3, -0.25) is 0 Å². The van der Waals surface area contributed by atoms with Gasteiger partial charge in [-0.25, -0.2) is 4.79 Å². The number of carbonyl (C=O) groups is 1. The summed E-state index contributed by atoms with van der Waals surface area (Å²) in [7, 11) is 0. The van der Waals surface area contributed by atoms with Crippen molar-refractivity contribution in [3.63, 3.8) is 0 Å². The van der Waals surface area contributed by atoms with Gasteiger partial charge in [0.05, 0.1) is 6.10 Å². The maximum atomic E-state index is 10.7. The number of carbonyl (C=O) groups excluding carboxylic acids is 1. The van der Waals surface area contributed by atoms with E-state index in [1.165, 1.54) is 0 Å². The Morgan fingerprint density at radius 3 is 3.00 bits per heavy atom. The van der Waals surface area contributed by atoms with Gasteiger partial charge in [-0.1, -0.05) is 0 Å². The smallest absolute Gasteiger partial charge is 0.314 e. The monoisotopic (exact) mass is 188 g/mol. The summed E-state index contributed by atoms with van der Waals surface area (Å²) in [5.74, 6) is 0. The minimum Gasteiger partial charge on any atom is -0.396 e. The Hall–Kier alpha value is -0.810. The number of primary amides is 1. The minimum atomic E-state index is -0.381. The standard InChI is InChI=1S/C8H16N2O3/c9-8(12)10-3-2-7(6-10)13-5-1-4-11/h7,11H,1-6H2,(H2,9,12). The van der Waals surface area contributed by atoms with E-state index >= 15 is 0 Å². The minimum absolute atomic E-state index is 0.0963. The average Bonchev–Trinajstić information content (AvgIpc) is 2.53. The summed E-state index contributed by atoms with van der Waals surface area (Å²) in [5.41, 5.74) is 5.11. The molecule has 1 fully saturated rings. The van der Waals surface area contributed by atoms with Crippen LogP contribution in [-0.4, -0.2) is 48.4 Å². The first kappa shape index (κ1) is 10.3. The molecule has 2 amide bonds. The number of aliphatic hydroxyl groups excluding tert-OH is 1. The zero-order chi connectivity index (χ0) is 9.68. The molecule has 1 saturated heterocycles. The lowest BCUT2D eigenvalue weighted by atomic mass is 10.3. The van der Waals surface area contributed by atoms with Crippen LogP contribution in [0.1, 0.15) is 12.8 Å². The summed E-state index contributed by atoms with van der Waals surface area (Å²) in [5, 5.41) is 8.52. The molecule has 0 saturated carbocycles. The SMILES string of the molecule is NC(=O)N1CCC(OCCCO)C1. The highest BCUT2D eigenvalue weighted by atomic mass is 16.5. The number of nitrogens with two attached hydrogens (primary N) is 1. The fourth-order valence-electron chi connectivity index (χ4n) is 1.38. The van der Waals surface area contributed by atoms with Crippen LogP contribution in [0.4, 0.5) is 4.79 Å². The van der Waals surface area contributed by atoms with E-state index in [2.05, 4.69) is 0 Å². The molecule has 1 rings (SSSR count). The molecule has 1 atom stereocenters. The topological polar surface area (TPSA) is 75.8 Å². The molecular formula is C8H16N2O3. The van der Waals surface area contributed by atoms with E-state index in [1.54, 1.807) is 4.90 Å². The maximum Gasteiger partial charge on any atom is 0.314 e. The Labute approximate surface area is 77.5 Å². The molecule has 13 heavy (non-hydrogen) atoms. The molecule has 5 nitrogen and oxygen atoms in total. The van der Waals surface area contributed by atoms with E-state index in [0.717, 1.165) is 6.42 Å². The number of rotatable bonds is 4. The number of hydrogen-bond donors (Lipinski definition) is 2. The van der Waals surface area contributed by atoms with Gasteiger partial charge < -0.3 is 20.5 Å². The van der Waals surface area contributed by atoms with Crippen molar-refractivity contribution in [3.05, 3.63) is 0 Å². The maximum absolute atomic E-state index is 10.7. The predicted octanol–water partition coefficient (Wildman–Crippen LogP) is -0.462. The summed E-state index contributed by atoms with van der Waals surface area (Å²) in [4.78, 5) is 12.3. The molecule has 0 radical (unpaired) electrons. The number of likely N-dealkylation sites (tertiary alicyclic amines) is 1. The molecule has 0 aliphatic carbocycles. The van der Waals surface area contributed by atoms with E-state index in [4.69, 9.17) is 15.6 Å². The Morgan fingerprint density at radius 1 is 1.69 bits per heavy atom. The van der Waals surface area contributed by atoms with Gasteiger partial charge in [-0.15, -0.1) is 0 Å². The molecule has 0 spiro atoms. The molecule has 0 aromatic carbocycles. The Balaban J connectivity index is 2.14. The van der Waals surface area contributed by atoms with Crippen LogP contribution in [0, 0.1) is 0 Å². The van der Waals surface area contributed by atoms with Crippen LogP contribution in [0.5, 0.6) is 0 Å². The third-order valence-electron chi connectivity index (χ3n) is 2.11. The molecule has 5 heteroatoms. The zero-order valence-electron chi connectivity index (χ0n) is 7.61. The largest absolute Gasteiger partial charge is 0.396 e. The summed E-state index contributed by atoms with van der Waals surface area (Å²) >= 11 is 0. The van der Waals surface area contributed by atoms with Crippen LogP contribution in [0.3, 0.4) is 0 Å². The van der Waals surface area contributed by atoms with Gasteiger partial charge in [0.15, 0.2) is 0 Å². The molecular weight excluding hydrogens is 172 g/mol. The van der Waals surface area contributed by atoms with Gasteiger partial charge in [-0.05, 0) is 12.8 Å². The van der Waals surface area contributed by atoms with Crippen LogP contribution in [0.15, 0.2) is 0 Å². The molecule has 1 heterocycles. The van der Waals surface area contributed by atoms with Crippen molar-refractivity contribution >= 4 is 6.03 Å². The molecule has 1 unspecified atom stereocenters. The summed E-state index contributed by atoms with van der Waals surface area (Å²) in [6, 6.07) is -0.381. The first-order valence-corrected chi connectivity index (χ1v) is 4.51. The van der Waals surface area contributed by atoms with Crippen LogP contribution in [-0.2, 0) is 4.74 Å². The van der Waals surface area contributed by atoms with E-state index in [1.807, 2.05) is 0 Å². The highest BCUT2D eigenvalue weighted by molar-refractivity contribution is 5.72. The second-order valence-electron chi connectivity index (χ2n) is 3.14. The van der Waals surface area contributed by atoms with Crippen molar-refractivity contribution in [2.24, 2.45) is 5.73 Å². The van der Waals surface area contributed by atoms with Crippen LogP contribution in [0.25, 0.3) is 0 Å². The lowest BCUT2D eigenvalue weighted by molar-refractivity contribution is 0.0518. The van der Waals surface area contributed by atoms with E-state index in [0.29, 0.717) is 26.1 Å². The fourth-order valence-corrected chi connectivity index (χ4v) is 1.38. The third-order valence-corrected chi connectivity index (χ3v) is 2.11. The third kappa shape index (κ3) is 3.20. The number of aliphatic hydroxyl groups is 1. The van der Waals surface area contributed by atoms with Gasteiger partial charge in [0.25, 0.3) is 0 Å². The van der Waals surface area contributed by atoms with Crippen molar-refractivity contribution in [2.45, 2.75) is 18.9 Å². The Morgan fingerprint density at radius 2 is 2.46 bits per heavy atom. The number of urea groups is 1. The van der Waals surface area contributed by atoms with Gasteiger partial charge in [0, 0.05) is 26.3 Å². The van der Waals surface area contributed by atoms with E-state index < -0.39 is 0 Å². The van der Waals surface area contributed by atoms with Crippen LogP contribution < -0.4 is 5.73 Å². The number of hydrogen-bond acceptors (Lipinski definition) is 3. The van der Waals surface area contributed by atoms with Crippen molar-refractivity contribution < 1.29 is 14.6 Å². The van der Waals surface area contributed by atoms with Gasteiger partial charge >= 0.3 is 6.03 Å². The van der Waals surface area contributed by atoms with Gasteiger partial charge in [0.1, 0.15) is 0 Å². The molecule has 3 N–H and O–H groups in total. The van der Waals surface area contributed by atoms with Gasteiger partial charge in [-0.2, -0.15) is 0 Å². The zero-order valence-corrected chi connectivity index (χ0v) is 7.61. The second kappa shape index (κ2) is 5.04. The van der Waals surface area contributed by atoms with Crippen molar-refractivity contribution in [3.8, 4) is 0 Å². The summed E-state index contributed by atoms with van der Waals surface area (Å²) in [6.45, 7) is 1.96. The van der Waals surface area contributed by atoms with Crippen LogP contribution in [0.2, 0.25) is 0 Å². The predicted molar refractivity (Wildman–Crippen MR) is 47.2 cm³/mol. The fraction of sp³-hybridized carbons (Fsp3) is 0.875. The second-order valence-corrected chi connectivity index (χ2v) is 3.14. The normalized spacial score (nSPS) is 22.2. The number of amides is 2. The molecule has 0 bridgehead atoms. The van der Waals surface area contributed by atoms with Crippen LogP contribution >= 0.6 is 0 Å². The molecule has 1 aliphatic heterocycles. The first-order valence-electron chi connectivity index (χ1n) is 4.51. The number of ether oxygens (including phenoxy) is 1. The lowest BCUT2D eigenvalue weighted by Gasteiger charge is -2.13. The molecule has 0 aromatic heterocycles. The molecule has 0 aromatic rings.